The topological polar surface area (TPSA) is 76.5 Å². The molecule has 0 bridgehead atoms. The summed E-state index contributed by atoms with van der Waals surface area (Å²) >= 11 is 0.867. The van der Waals surface area contributed by atoms with Crippen LogP contribution in [0.15, 0.2) is 34.0 Å². The number of aryl methyl sites for hydroxylation is 1. The Labute approximate surface area is 107 Å². The molecule has 0 aliphatic carbocycles. The number of rotatable bonds is 4. The summed E-state index contributed by atoms with van der Waals surface area (Å²) in [6.45, 7) is 3.63. The first-order chi connectivity index (χ1) is 8.63. The van der Waals surface area contributed by atoms with Crippen molar-refractivity contribution in [1.29, 1.82) is 0 Å². The Morgan fingerprint density at radius 1 is 1.28 bits per heavy atom. The van der Waals surface area contributed by atoms with E-state index in [1.54, 1.807) is 31.2 Å². The summed E-state index contributed by atoms with van der Waals surface area (Å²) in [6.07, 6.45) is 0. The fourth-order valence-electron chi connectivity index (χ4n) is 1.52. The minimum atomic E-state index is -0.0668. The van der Waals surface area contributed by atoms with Gasteiger partial charge in [0, 0.05) is 16.2 Å². The van der Waals surface area contributed by atoms with Gasteiger partial charge in [0.05, 0.1) is 17.7 Å². The van der Waals surface area contributed by atoms with E-state index in [2.05, 4.69) is 14.5 Å². The third kappa shape index (κ3) is 2.49. The summed E-state index contributed by atoms with van der Waals surface area (Å²) in [5.74, 6) is 0. The van der Waals surface area contributed by atoms with Gasteiger partial charge in [-0.15, -0.1) is 4.33 Å². The van der Waals surface area contributed by atoms with Crippen LogP contribution in [-0.2, 0) is 9.37 Å². The van der Waals surface area contributed by atoms with Crippen molar-refractivity contribution in [3.8, 4) is 5.69 Å². The maximum Gasteiger partial charge on any atom is 0.274 e. The molecular formula is C11H12N2O4S. The second-order valence-electron chi connectivity index (χ2n) is 3.72. The molecule has 18 heavy (non-hydrogen) atoms. The highest BCUT2D eigenvalue weighted by Crippen LogP contribution is 2.20. The van der Waals surface area contributed by atoms with E-state index in [0.717, 1.165) is 28.3 Å². The number of H-pyrrole nitrogens is 1. The van der Waals surface area contributed by atoms with Crippen LogP contribution in [0, 0.1) is 13.8 Å². The molecule has 0 fully saturated rings. The van der Waals surface area contributed by atoms with Gasteiger partial charge in [0.2, 0.25) is 0 Å². The standard InChI is InChI=1S/C11H12N2O4S/c1-7-8(2)12-13(11(7)14)9-3-5-10(6-4-9)18-17-16-15/h3-6,12,15H,1-2H3. The number of nitrogens with one attached hydrogen (secondary N) is 1. The monoisotopic (exact) mass is 268 g/mol. The summed E-state index contributed by atoms with van der Waals surface area (Å²) in [5.41, 5.74) is 2.20. The molecule has 7 heteroatoms. The Balaban J connectivity index is 2.29. The van der Waals surface area contributed by atoms with E-state index in [1.165, 1.54) is 4.68 Å². The van der Waals surface area contributed by atoms with Crippen molar-refractivity contribution in [2.75, 3.05) is 0 Å². The van der Waals surface area contributed by atoms with E-state index >= 15 is 0 Å². The predicted octanol–water partition coefficient (Wildman–Crippen LogP) is 2.21. The van der Waals surface area contributed by atoms with Gasteiger partial charge in [-0.25, -0.2) is 9.94 Å². The Bertz CT molecular complexity index is 588. The molecule has 0 saturated carbocycles. The number of aromatic amines is 1. The van der Waals surface area contributed by atoms with Crippen LogP contribution >= 0.6 is 12.0 Å². The molecule has 2 rings (SSSR count). The first-order valence-electron chi connectivity index (χ1n) is 5.17. The van der Waals surface area contributed by atoms with Crippen LogP contribution in [0.4, 0.5) is 0 Å². The summed E-state index contributed by atoms with van der Waals surface area (Å²) in [7, 11) is 0. The SMILES string of the molecule is Cc1[nH]n(-c2ccc(SOOO)cc2)c(=O)c1C. The first-order valence-corrected chi connectivity index (χ1v) is 5.91. The van der Waals surface area contributed by atoms with Crippen molar-refractivity contribution < 1.29 is 14.6 Å². The molecule has 1 aromatic carbocycles. The predicted molar refractivity (Wildman–Crippen MR) is 66.5 cm³/mol. The lowest BCUT2D eigenvalue weighted by Gasteiger charge is -2.02. The zero-order valence-electron chi connectivity index (χ0n) is 9.84. The van der Waals surface area contributed by atoms with E-state index in [4.69, 9.17) is 5.26 Å². The average molecular weight is 268 g/mol. The zero-order valence-corrected chi connectivity index (χ0v) is 10.7. The van der Waals surface area contributed by atoms with Crippen LogP contribution in [-0.4, -0.2) is 15.0 Å². The molecule has 0 amide bonds. The largest absolute Gasteiger partial charge is 0.295 e. The molecule has 0 aliphatic heterocycles. The van der Waals surface area contributed by atoms with Gasteiger partial charge in [0.25, 0.3) is 5.56 Å². The maximum absolute atomic E-state index is 11.9. The Kier molecular flexibility index (Phi) is 3.87. The molecule has 2 aromatic rings. The van der Waals surface area contributed by atoms with Crippen molar-refractivity contribution in [2.24, 2.45) is 0 Å². The minimum absolute atomic E-state index is 0.0668. The molecule has 0 unspecified atom stereocenters. The van der Waals surface area contributed by atoms with Gasteiger partial charge in [-0.2, -0.15) is 0 Å². The van der Waals surface area contributed by atoms with E-state index in [-0.39, 0.29) is 5.56 Å². The summed E-state index contributed by atoms with van der Waals surface area (Å²) in [6, 6.07) is 7.02. The normalized spacial score (nSPS) is 10.8. The Morgan fingerprint density at radius 3 is 2.44 bits per heavy atom. The van der Waals surface area contributed by atoms with Crippen molar-refractivity contribution >= 4 is 12.0 Å². The Hall–Kier alpha value is -1.54. The summed E-state index contributed by atoms with van der Waals surface area (Å²) in [5, 5.41) is 14.5. The lowest BCUT2D eigenvalue weighted by Crippen LogP contribution is -2.15. The van der Waals surface area contributed by atoms with Crippen LogP contribution < -0.4 is 5.56 Å². The summed E-state index contributed by atoms with van der Waals surface area (Å²) in [4.78, 5) is 12.6. The van der Waals surface area contributed by atoms with Crippen LogP contribution in [0.25, 0.3) is 5.69 Å². The molecule has 96 valence electrons. The van der Waals surface area contributed by atoms with Gasteiger partial charge in [0.1, 0.15) is 0 Å². The van der Waals surface area contributed by atoms with Gasteiger partial charge in [-0.05, 0) is 38.1 Å². The number of hydrogen-bond donors (Lipinski definition) is 2. The van der Waals surface area contributed by atoms with Gasteiger partial charge >= 0.3 is 0 Å². The molecule has 0 saturated heterocycles. The van der Waals surface area contributed by atoms with Crippen molar-refractivity contribution in [1.82, 2.24) is 9.78 Å². The van der Waals surface area contributed by atoms with Gasteiger partial charge in [-0.3, -0.25) is 9.89 Å². The number of hydrogen-bond acceptors (Lipinski definition) is 5. The highest BCUT2D eigenvalue weighted by molar-refractivity contribution is 7.94. The second kappa shape index (κ2) is 5.40. The smallest absolute Gasteiger partial charge is 0.274 e. The molecule has 0 radical (unpaired) electrons. The van der Waals surface area contributed by atoms with Crippen LogP contribution in [0.3, 0.4) is 0 Å². The maximum atomic E-state index is 11.9. The molecule has 1 aromatic heterocycles. The molecule has 0 atom stereocenters. The molecule has 6 nitrogen and oxygen atoms in total. The fraction of sp³-hybridized carbons (Fsp3) is 0.182. The van der Waals surface area contributed by atoms with E-state index in [1.807, 2.05) is 6.92 Å². The average Bonchev–Trinajstić information content (AvgIpc) is 2.65. The number of nitrogens with zero attached hydrogens (tertiary/aromatic N) is 1. The molecule has 0 aliphatic rings. The lowest BCUT2D eigenvalue weighted by atomic mass is 10.3. The quantitative estimate of drug-likeness (QED) is 0.505. The van der Waals surface area contributed by atoms with Crippen LogP contribution in [0.2, 0.25) is 0 Å². The van der Waals surface area contributed by atoms with Gasteiger partial charge in [-0.1, -0.05) is 5.04 Å². The molecule has 1 heterocycles. The highest BCUT2D eigenvalue weighted by atomic mass is 32.2. The first kappa shape index (κ1) is 12.9. The number of benzene rings is 1. The van der Waals surface area contributed by atoms with Crippen molar-refractivity contribution in [2.45, 2.75) is 18.7 Å². The third-order valence-corrected chi connectivity index (χ3v) is 3.22. The zero-order chi connectivity index (χ0) is 13.1. The molecule has 2 N–H and O–H groups in total. The van der Waals surface area contributed by atoms with E-state index in [9.17, 15) is 4.79 Å². The fourth-order valence-corrected chi connectivity index (χ4v) is 1.87. The van der Waals surface area contributed by atoms with Crippen molar-refractivity contribution in [3.63, 3.8) is 0 Å². The molecular weight excluding hydrogens is 256 g/mol. The van der Waals surface area contributed by atoms with Gasteiger partial charge in [0.15, 0.2) is 0 Å². The second-order valence-corrected chi connectivity index (χ2v) is 4.50. The minimum Gasteiger partial charge on any atom is -0.295 e. The van der Waals surface area contributed by atoms with E-state index in [0.29, 0.717) is 5.56 Å². The third-order valence-electron chi connectivity index (χ3n) is 2.62. The molecule has 0 spiro atoms. The summed E-state index contributed by atoms with van der Waals surface area (Å²) < 4.78 is 5.78. The number of aromatic nitrogens is 2. The lowest BCUT2D eigenvalue weighted by molar-refractivity contribution is -0.432. The Morgan fingerprint density at radius 2 is 1.94 bits per heavy atom. The van der Waals surface area contributed by atoms with Crippen LogP contribution in [0.5, 0.6) is 0 Å². The van der Waals surface area contributed by atoms with Crippen LogP contribution in [0.1, 0.15) is 11.3 Å². The van der Waals surface area contributed by atoms with E-state index < -0.39 is 0 Å². The highest BCUT2D eigenvalue weighted by Gasteiger charge is 2.08. The van der Waals surface area contributed by atoms with Gasteiger partial charge < -0.3 is 0 Å². The van der Waals surface area contributed by atoms with Crippen molar-refractivity contribution in [3.05, 3.63) is 45.9 Å².